The van der Waals surface area contributed by atoms with Crippen molar-refractivity contribution < 1.29 is 4.74 Å². The van der Waals surface area contributed by atoms with Crippen molar-refractivity contribution in [2.24, 2.45) is 4.99 Å². The third-order valence-electron chi connectivity index (χ3n) is 5.81. The highest BCUT2D eigenvalue weighted by Crippen LogP contribution is 2.50. The monoisotopic (exact) mass is 403 g/mol. The first-order chi connectivity index (χ1) is 14.7. The van der Waals surface area contributed by atoms with Crippen LogP contribution >= 0.6 is 0 Å². The Kier molecular flexibility index (Phi) is 6.02. The molecule has 4 rings (SSSR count). The van der Waals surface area contributed by atoms with E-state index in [9.17, 15) is 0 Å². The lowest BCUT2D eigenvalue weighted by Gasteiger charge is -2.21. The fraction of sp³-hybridized carbons (Fsp3) is 0.333. The van der Waals surface area contributed by atoms with Crippen LogP contribution in [0.1, 0.15) is 29.5 Å². The fourth-order valence-corrected chi connectivity index (χ4v) is 3.88. The lowest BCUT2D eigenvalue weighted by molar-refractivity contribution is 0.403. The number of aromatic nitrogens is 2. The predicted octanol–water partition coefficient (Wildman–Crippen LogP) is 3.34. The van der Waals surface area contributed by atoms with Crippen LogP contribution in [0.25, 0.3) is 0 Å². The molecule has 0 radical (unpaired) electrons. The molecule has 1 aliphatic rings. The molecule has 0 aliphatic heterocycles. The van der Waals surface area contributed by atoms with Crippen molar-refractivity contribution in [2.45, 2.75) is 31.3 Å². The third kappa shape index (κ3) is 4.48. The number of guanidine groups is 1. The molecule has 0 atom stereocenters. The van der Waals surface area contributed by atoms with E-state index in [1.165, 1.54) is 16.7 Å². The van der Waals surface area contributed by atoms with Crippen molar-refractivity contribution >= 4 is 5.96 Å². The Morgan fingerprint density at radius 2 is 1.83 bits per heavy atom. The first-order valence-corrected chi connectivity index (χ1v) is 10.4. The number of nitrogens with one attached hydrogen (secondary N) is 2. The van der Waals surface area contributed by atoms with Gasteiger partial charge in [0.05, 0.1) is 13.7 Å². The summed E-state index contributed by atoms with van der Waals surface area (Å²) >= 11 is 0. The molecule has 0 spiro atoms. The van der Waals surface area contributed by atoms with Gasteiger partial charge in [0.1, 0.15) is 5.75 Å². The number of nitrogens with zero attached hydrogens (tertiary/aromatic N) is 3. The van der Waals surface area contributed by atoms with Gasteiger partial charge in [-0.3, -0.25) is 9.67 Å². The van der Waals surface area contributed by atoms with Gasteiger partial charge in [-0.25, -0.2) is 0 Å². The van der Waals surface area contributed by atoms with Gasteiger partial charge >= 0.3 is 0 Å². The van der Waals surface area contributed by atoms with E-state index in [0.717, 1.165) is 37.6 Å². The number of rotatable bonds is 8. The highest BCUT2D eigenvalue weighted by atomic mass is 16.5. The minimum atomic E-state index is 0.127. The topological polar surface area (TPSA) is 63.5 Å². The lowest BCUT2D eigenvalue weighted by Crippen LogP contribution is -2.41. The second-order valence-corrected chi connectivity index (χ2v) is 7.73. The number of hydrogen-bond acceptors (Lipinski definition) is 3. The molecule has 6 heteroatoms. The van der Waals surface area contributed by atoms with Crippen molar-refractivity contribution in [3.8, 4) is 5.75 Å². The van der Waals surface area contributed by atoms with E-state index in [1.54, 1.807) is 7.11 Å². The van der Waals surface area contributed by atoms with E-state index >= 15 is 0 Å². The van der Waals surface area contributed by atoms with E-state index < -0.39 is 0 Å². The summed E-state index contributed by atoms with van der Waals surface area (Å²) in [6.45, 7) is 2.30. The average Bonchev–Trinajstić information content (AvgIpc) is 3.41. The minimum absolute atomic E-state index is 0.127. The molecule has 1 heterocycles. The molecule has 3 aromatic rings. The molecule has 1 aromatic heterocycles. The zero-order valence-corrected chi connectivity index (χ0v) is 17.6. The number of methoxy groups -OCH3 is 1. The van der Waals surface area contributed by atoms with E-state index in [4.69, 9.17) is 4.74 Å². The number of ether oxygens (including phenoxy) is 1. The number of hydrogen-bond donors (Lipinski definition) is 2. The zero-order chi connectivity index (χ0) is 20.8. The van der Waals surface area contributed by atoms with Crippen LogP contribution in [0.4, 0.5) is 0 Å². The summed E-state index contributed by atoms with van der Waals surface area (Å²) in [6, 6.07) is 18.7. The van der Waals surface area contributed by atoms with Crippen LogP contribution in [-0.4, -0.2) is 36.4 Å². The van der Waals surface area contributed by atoms with E-state index in [-0.39, 0.29) is 5.41 Å². The summed E-state index contributed by atoms with van der Waals surface area (Å²) in [4.78, 5) is 4.42. The van der Waals surface area contributed by atoms with Crippen molar-refractivity contribution in [1.82, 2.24) is 20.4 Å². The van der Waals surface area contributed by atoms with Crippen molar-refractivity contribution in [1.29, 1.82) is 0 Å². The Hall–Kier alpha value is -3.28. The zero-order valence-electron chi connectivity index (χ0n) is 17.6. The Morgan fingerprint density at radius 3 is 2.53 bits per heavy atom. The van der Waals surface area contributed by atoms with Gasteiger partial charge in [-0.1, -0.05) is 42.5 Å². The molecule has 2 aromatic carbocycles. The van der Waals surface area contributed by atoms with Crippen LogP contribution in [0.2, 0.25) is 0 Å². The van der Waals surface area contributed by atoms with Crippen molar-refractivity contribution in [2.75, 3.05) is 20.7 Å². The summed E-state index contributed by atoms with van der Waals surface area (Å²) in [5.41, 5.74) is 3.89. The third-order valence-corrected chi connectivity index (χ3v) is 5.81. The smallest absolute Gasteiger partial charge is 0.191 e. The molecule has 6 nitrogen and oxygen atoms in total. The van der Waals surface area contributed by atoms with Crippen LogP contribution in [-0.2, 0) is 18.5 Å². The fourth-order valence-electron chi connectivity index (χ4n) is 3.88. The van der Waals surface area contributed by atoms with Gasteiger partial charge in [0.2, 0.25) is 0 Å². The highest BCUT2D eigenvalue weighted by molar-refractivity contribution is 5.79. The van der Waals surface area contributed by atoms with Crippen molar-refractivity contribution in [3.63, 3.8) is 0 Å². The molecule has 30 heavy (non-hydrogen) atoms. The van der Waals surface area contributed by atoms with Gasteiger partial charge in [-0.05, 0) is 36.1 Å². The molecule has 0 bridgehead atoms. The largest absolute Gasteiger partial charge is 0.496 e. The van der Waals surface area contributed by atoms with Gasteiger partial charge < -0.3 is 15.4 Å². The molecule has 1 saturated carbocycles. The summed E-state index contributed by atoms with van der Waals surface area (Å²) in [5.74, 6) is 1.78. The molecular weight excluding hydrogens is 374 g/mol. The van der Waals surface area contributed by atoms with Gasteiger partial charge in [-0.15, -0.1) is 0 Å². The Bertz CT molecular complexity index is 992. The molecular formula is C24H29N5O. The van der Waals surface area contributed by atoms with Gasteiger partial charge in [0.25, 0.3) is 0 Å². The van der Waals surface area contributed by atoms with Gasteiger partial charge in [-0.2, -0.15) is 5.10 Å². The molecule has 0 saturated heterocycles. The molecule has 0 unspecified atom stereocenters. The van der Waals surface area contributed by atoms with Crippen LogP contribution in [0.5, 0.6) is 5.75 Å². The number of benzene rings is 2. The van der Waals surface area contributed by atoms with Crippen LogP contribution < -0.4 is 15.4 Å². The summed E-state index contributed by atoms with van der Waals surface area (Å²) in [5, 5.41) is 11.3. The summed E-state index contributed by atoms with van der Waals surface area (Å²) < 4.78 is 7.53. The molecule has 2 N–H and O–H groups in total. The van der Waals surface area contributed by atoms with E-state index in [0.29, 0.717) is 6.54 Å². The second kappa shape index (κ2) is 9.03. The normalized spacial score (nSPS) is 14.9. The quantitative estimate of drug-likeness (QED) is 0.447. The van der Waals surface area contributed by atoms with Gasteiger partial charge in [0.15, 0.2) is 5.96 Å². The van der Waals surface area contributed by atoms with Crippen LogP contribution in [0.3, 0.4) is 0 Å². The SMILES string of the molecule is CN=C(NCc1ccccc1Cn1cccn1)NCC1(c2ccccc2OC)CC1. The predicted molar refractivity (Wildman–Crippen MR) is 120 cm³/mol. The number of para-hydroxylation sites is 1. The Balaban J connectivity index is 1.37. The minimum Gasteiger partial charge on any atom is -0.496 e. The van der Waals surface area contributed by atoms with Crippen molar-refractivity contribution in [3.05, 3.63) is 83.7 Å². The Morgan fingerprint density at radius 1 is 1.07 bits per heavy atom. The Labute approximate surface area is 178 Å². The lowest BCUT2D eigenvalue weighted by atomic mass is 9.95. The first-order valence-electron chi connectivity index (χ1n) is 10.4. The molecule has 156 valence electrons. The van der Waals surface area contributed by atoms with Crippen LogP contribution in [0.15, 0.2) is 72.0 Å². The maximum Gasteiger partial charge on any atom is 0.191 e. The first kappa shape index (κ1) is 20.0. The molecule has 1 fully saturated rings. The highest BCUT2D eigenvalue weighted by Gasteiger charge is 2.46. The second-order valence-electron chi connectivity index (χ2n) is 7.73. The van der Waals surface area contributed by atoms with Crippen LogP contribution in [0, 0.1) is 0 Å². The maximum atomic E-state index is 5.59. The van der Waals surface area contributed by atoms with Gasteiger partial charge in [0, 0.05) is 43.5 Å². The number of aliphatic imine (C=N–C) groups is 1. The molecule has 0 amide bonds. The van der Waals surface area contributed by atoms with E-state index in [2.05, 4.69) is 57.1 Å². The standard InChI is InChI=1S/C24H29N5O/c1-25-23(27-18-24(12-13-24)21-10-5-6-11-22(21)30-2)26-16-19-8-3-4-9-20(19)17-29-15-7-14-28-29/h3-11,14-15H,12-13,16-18H2,1-2H3,(H2,25,26,27). The van der Waals surface area contributed by atoms with E-state index in [1.807, 2.05) is 42.3 Å². The summed E-state index contributed by atoms with van der Waals surface area (Å²) in [6.07, 6.45) is 6.11. The maximum absolute atomic E-state index is 5.59. The molecule has 1 aliphatic carbocycles. The average molecular weight is 404 g/mol. The summed E-state index contributed by atoms with van der Waals surface area (Å²) in [7, 11) is 3.55.